The van der Waals surface area contributed by atoms with Crippen LogP contribution in [0.4, 0.5) is 0 Å². The number of imide groups is 1. The number of aliphatic hydroxyl groups is 2. The van der Waals surface area contributed by atoms with Crippen molar-refractivity contribution < 1.29 is 29.6 Å². The number of carbonyl (C=O) groups is 3. The summed E-state index contributed by atoms with van der Waals surface area (Å²) in [6.07, 6.45) is 1.83. The maximum absolute atomic E-state index is 13.5. The summed E-state index contributed by atoms with van der Waals surface area (Å²) in [6, 6.07) is 2.72. The van der Waals surface area contributed by atoms with Crippen molar-refractivity contribution in [2.24, 2.45) is 21.9 Å². The van der Waals surface area contributed by atoms with Gasteiger partial charge in [0.2, 0.25) is 17.6 Å². The highest BCUT2D eigenvalue weighted by atomic mass is 16.5. The molecule has 1 spiro atoms. The number of fused-ring (bicyclic) bond motifs is 1. The molecule has 5 aliphatic rings. The van der Waals surface area contributed by atoms with Gasteiger partial charge in [0.05, 0.1) is 13.1 Å². The molecule has 4 atom stereocenters. The number of benzene rings is 1. The van der Waals surface area contributed by atoms with Gasteiger partial charge in [0, 0.05) is 18.4 Å². The number of likely N-dealkylation sites (tertiary alicyclic amines) is 1. The Labute approximate surface area is 218 Å². The van der Waals surface area contributed by atoms with Gasteiger partial charge in [-0.3, -0.25) is 34.9 Å². The lowest BCUT2D eigenvalue weighted by Crippen LogP contribution is -2.90. The zero-order valence-corrected chi connectivity index (χ0v) is 21.3. The van der Waals surface area contributed by atoms with Crippen molar-refractivity contribution in [2.75, 3.05) is 13.1 Å². The first-order valence-corrected chi connectivity index (χ1v) is 12.8. The van der Waals surface area contributed by atoms with Gasteiger partial charge in [0.15, 0.2) is 12.0 Å². The van der Waals surface area contributed by atoms with E-state index >= 15 is 0 Å². The van der Waals surface area contributed by atoms with E-state index in [9.17, 15) is 24.6 Å². The molecule has 4 aliphatic heterocycles. The number of carbonyl (C=O) groups excluding carboxylic acids is 3. The van der Waals surface area contributed by atoms with Gasteiger partial charge in [-0.1, -0.05) is 26.0 Å². The quantitative estimate of drug-likeness (QED) is 0.150. The van der Waals surface area contributed by atoms with E-state index in [-0.39, 0.29) is 55.1 Å². The van der Waals surface area contributed by atoms with E-state index in [4.69, 9.17) is 11.5 Å². The predicted molar refractivity (Wildman–Crippen MR) is 134 cm³/mol. The Morgan fingerprint density at radius 1 is 1.21 bits per heavy atom. The van der Waals surface area contributed by atoms with Gasteiger partial charge in [-0.2, -0.15) is 0 Å². The fourth-order valence-electron chi connectivity index (χ4n) is 6.85. The smallest absolute Gasteiger partial charge is 0.343 e. The van der Waals surface area contributed by atoms with Crippen LogP contribution in [0, 0.1) is 5.41 Å². The molecule has 38 heavy (non-hydrogen) atoms. The van der Waals surface area contributed by atoms with Crippen molar-refractivity contribution in [1.29, 1.82) is 0 Å². The minimum absolute atomic E-state index is 0.0269. The van der Waals surface area contributed by atoms with Crippen LogP contribution in [0.3, 0.4) is 0 Å². The van der Waals surface area contributed by atoms with Crippen LogP contribution in [0.5, 0.6) is 0 Å². The molecule has 3 amide bonds. The van der Waals surface area contributed by atoms with Crippen LogP contribution in [0.1, 0.15) is 48.2 Å². The average molecular weight is 526 g/mol. The van der Waals surface area contributed by atoms with Crippen molar-refractivity contribution in [3.05, 3.63) is 34.9 Å². The van der Waals surface area contributed by atoms with Crippen LogP contribution in [0.25, 0.3) is 0 Å². The minimum atomic E-state index is -2.57. The van der Waals surface area contributed by atoms with E-state index in [1.165, 1.54) is 4.90 Å². The molecule has 9 N–H and O–H groups in total. The molecule has 1 aliphatic carbocycles. The lowest BCUT2D eigenvalue weighted by atomic mass is 9.84. The van der Waals surface area contributed by atoms with Gasteiger partial charge in [0.1, 0.15) is 12.1 Å². The molecule has 0 saturated carbocycles. The third-order valence-corrected chi connectivity index (χ3v) is 8.56. The molecule has 13 nitrogen and oxygen atoms in total. The van der Waals surface area contributed by atoms with Crippen LogP contribution in [-0.4, -0.2) is 92.3 Å². The zero-order valence-electron chi connectivity index (χ0n) is 21.3. The third kappa shape index (κ3) is 3.34. The van der Waals surface area contributed by atoms with Crippen LogP contribution >= 0.6 is 0 Å². The molecule has 2 unspecified atom stereocenters. The summed E-state index contributed by atoms with van der Waals surface area (Å²) in [5, 5.41) is 29.1. The van der Waals surface area contributed by atoms with Crippen molar-refractivity contribution in [1.82, 2.24) is 20.4 Å². The van der Waals surface area contributed by atoms with Gasteiger partial charge >= 0.3 is 5.96 Å². The Bertz CT molecular complexity index is 1310. The van der Waals surface area contributed by atoms with E-state index in [1.54, 1.807) is 6.07 Å². The van der Waals surface area contributed by atoms with E-state index in [0.29, 0.717) is 5.56 Å². The molecule has 2 fully saturated rings. The van der Waals surface area contributed by atoms with Crippen molar-refractivity contribution in [3.8, 4) is 0 Å². The lowest BCUT2D eigenvalue weighted by molar-refractivity contribution is -0.521. The molecule has 2 saturated heterocycles. The number of amides is 3. The van der Waals surface area contributed by atoms with Gasteiger partial charge in [-0.05, 0) is 35.4 Å². The minimum Gasteiger partial charge on any atom is -0.370 e. The topological polar surface area (TPSA) is 201 Å². The summed E-state index contributed by atoms with van der Waals surface area (Å²) in [6.45, 7) is 4.13. The number of guanidine groups is 2. The number of hydrogen-bond acceptors (Lipinski definition) is 10. The monoisotopic (exact) mass is 525 g/mol. The van der Waals surface area contributed by atoms with Gasteiger partial charge in [-0.25, -0.2) is 10.3 Å². The highest BCUT2D eigenvalue weighted by Crippen LogP contribution is 2.42. The standard InChI is InChI=1S/C25H32N8O5/c1-23(2)8-12-4-3-5-13(14(12)9-23)20(36)29-16-11-33-22(27)28-15(10-32-17(34)6-7-18(32)35)19-24(33,25(16,37)38)31-21(26)30-19/h3-5,15-16,19,37-38H,6-11H2,1-2H3,(H2,27,28)(H,29,36)(H3,26,30,31)/p+1/t15-,16?,19-,24?/m0/s1. The van der Waals surface area contributed by atoms with Gasteiger partial charge < -0.3 is 21.3 Å². The second kappa shape index (κ2) is 7.90. The number of nitrogens with two attached hydrogens (primary N) is 2. The molecule has 0 radical (unpaired) electrons. The van der Waals surface area contributed by atoms with Crippen LogP contribution < -0.4 is 27.1 Å². The zero-order chi connectivity index (χ0) is 27.2. The molecule has 202 valence electrons. The Kier molecular flexibility index (Phi) is 5.12. The lowest BCUT2D eigenvalue weighted by Gasteiger charge is -2.46. The highest BCUT2D eigenvalue weighted by molar-refractivity contribution is 6.02. The number of aliphatic imine (C=N–C) groups is 1. The number of rotatable bonds is 4. The predicted octanol–water partition coefficient (Wildman–Crippen LogP) is -4.18. The second-order valence-electron chi connectivity index (χ2n) is 11.7. The molecule has 0 aromatic heterocycles. The fraction of sp³-hybridized carbons (Fsp3) is 0.560. The first kappa shape index (κ1) is 24.6. The van der Waals surface area contributed by atoms with Gasteiger partial charge in [0.25, 0.3) is 11.6 Å². The normalized spacial score (nSPS) is 32.4. The SMILES string of the molecule is CC1(C)Cc2cccc(C(=O)NC3CN4C(N)=N[C@@H](CN5C(=O)CCC5=O)[C@@H]5[NH+]=C(N)NC54C3(O)O)c2C1. The summed E-state index contributed by atoms with van der Waals surface area (Å²) >= 11 is 0. The molecule has 13 heteroatoms. The highest BCUT2D eigenvalue weighted by Gasteiger charge is 2.76. The maximum Gasteiger partial charge on any atom is 0.343 e. The molecular formula is C25H33N8O5+. The van der Waals surface area contributed by atoms with E-state index in [2.05, 4.69) is 34.5 Å². The fourth-order valence-corrected chi connectivity index (χ4v) is 6.85. The molecule has 0 bridgehead atoms. The Balaban J connectivity index is 1.31. The third-order valence-electron chi connectivity index (χ3n) is 8.56. The first-order valence-electron chi connectivity index (χ1n) is 12.8. The van der Waals surface area contributed by atoms with Crippen LogP contribution in [0.15, 0.2) is 23.2 Å². The van der Waals surface area contributed by atoms with Crippen molar-refractivity contribution >= 4 is 29.6 Å². The van der Waals surface area contributed by atoms with E-state index in [0.717, 1.165) is 28.9 Å². The molecule has 1 aromatic carbocycles. The summed E-state index contributed by atoms with van der Waals surface area (Å²) in [5.41, 5.74) is 13.3. The first-order chi connectivity index (χ1) is 17.8. The maximum atomic E-state index is 13.5. The van der Waals surface area contributed by atoms with Crippen molar-refractivity contribution in [2.45, 2.75) is 69.1 Å². The van der Waals surface area contributed by atoms with Crippen molar-refractivity contribution in [3.63, 3.8) is 0 Å². The number of hydrogen-bond donors (Lipinski definition) is 7. The van der Waals surface area contributed by atoms with E-state index in [1.807, 2.05) is 12.1 Å². The largest absolute Gasteiger partial charge is 0.370 e. The summed E-state index contributed by atoms with van der Waals surface area (Å²) in [7, 11) is 0. The summed E-state index contributed by atoms with van der Waals surface area (Å²) < 4.78 is 0. The van der Waals surface area contributed by atoms with Crippen LogP contribution in [-0.2, 0) is 22.4 Å². The number of nitrogens with one attached hydrogen (secondary N) is 3. The summed E-state index contributed by atoms with van der Waals surface area (Å²) in [5.74, 6) is -3.61. The second-order valence-corrected chi connectivity index (χ2v) is 11.7. The molecule has 4 heterocycles. The Hall–Kier alpha value is -3.71. The Morgan fingerprint density at radius 2 is 1.92 bits per heavy atom. The Morgan fingerprint density at radius 3 is 2.63 bits per heavy atom. The van der Waals surface area contributed by atoms with E-state index < -0.39 is 35.5 Å². The van der Waals surface area contributed by atoms with Gasteiger partial charge in [-0.15, -0.1) is 0 Å². The molecular weight excluding hydrogens is 492 g/mol. The average Bonchev–Trinajstić information content (AvgIpc) is 3.52. The molecule has 6 rings (SSSR count). The summed E-state index contributed by atoms with van der Waals surface area (Å²) in [4.78, 5) is 48.1. The molecule has 1 aromatic rings. The number of nitrogens with zero attached hydrogens (tertiary/aromatic N) is 3. The van der Waals surface area contributed by atoms with Crippen LogP contribution in [0.2, 0.25) is 0 Å².